The average Bonchev–Trinajstić information content (AvgIpc) is 3.23. The first-order chi connectivity index (χ1) is 11.7. The van der Waals surface area contributed by atoms with E-state index in [1.54, 1.807) is 17.5 Å². The first-order valence-electron chi connectivity index (χ1n) is 8.19. The van der Waals surface area contributed by atoms with Crippen LogP contribution in [0.2, 0.25) is 0 Å². The third kappa shape index (κ3) is 4.82. The van der Waals surface area contributed by atoms with Gasteiger partial charge >= 0.3 is 6.61 Å². The second-order valence-electron chi connectivity index (χ2n) is 6.47. The van der Waals surface area contributed by atoms with E-state index in [0.717, 1.165) is 44.5 Å². The molecule has 1 saturated heterocycles. The summed E-state index contributed by atoms with van der Waals surface area (Å²) in [5.74, 6) is 0. The highest BCUT2D eigenvalue weighted by molar-refractivity contribution is 7.09. The monoisotopic (exact) mass is 352 g/mol. The molecule has 0 aliphatic carbocycles. The molecule has 3 nitrogen and oxygen atoms in total. The summed E-state index contributed by atoms with van der Waals surface area (Å²) >= 11 is 1.72. The van der Waals surface area contributed by atoms with Gasteiger partial charge in [0.25, 0.3) is 0 Å². The van der Waals surface area contributed by atoms with E-state index in [1.165, 1.54) is 4.88 Å². The predicted octanol–water partition coefficient (Wildman–Crippen LogP) is 4.21. The third-order valence-electron chi connectivity index (χ3n) is 4.64. The molecule has 1 atom stereocenters. The molecule has 1 fully saturated rings. The number of hydrogen-bond acceptors (Lipinski definition) is 4. The number of aryl methyl sites for hydroxylation is 1. The number of rotatable bonds is 8. The van der Waals surface area contributed by atoms with Crippen molar-refractivity contribution in [1.29, 1.82) is 0 Å². The minimum atomic E-state index is -2.70. The zero-order chi connectivity index (χ0) is 16.8. The van der Waals surface area contributed by atoms with E-state index >= 15 is 0 Å². The van der Waals surface area contributed by atoms with Gasteiger partial charge in [-0.3, -0.25) is 9.88 Å². The van der Waals surface area contributed by atoms with Gasteiger partial charge in [-0.15, -0.1) is 11.3 Å². The molecule has 1 aliphatic heterocycles. The van der Waals surface area contributed by atoms with Gasteiger partial charge in [0.15, 0.2) is 0 Å². The first-order valence-corrected chi connectivity index (χ1v) is 9.07. The third-order valence-corrected chi connectivity index (χ3v) is 5.58. The number of aromatic nitrogens is 1. The van der Waals surface area contributed by atoms with Crippen LogP contribution in [0.25, 0.3) is 0 Å². The summed E-state index contributed by atoms with van der Waals surface area (Å²) in [5, 5.41) is 2.06. The lowest BCUT2D eigenvalue weighted by atomic mass is 9.83. The standard InChI is InChI=1S/C18H22F2N2OS/c19-17(20)23-14-18(6-5-16-4-2-10-24-16)7-9-22(13-18)12-15-3-1-8-21-11-15/h1-4,8,10-11,17H,5-7,9,12-14H2/t18-/m0/s1. The fraction of sp³-hybridized carbons (Fsp3) is 0.500. The second kappa shape index (κ2) is 8.14. The lowest BCUT2D eigenvalue weighted by molar-refractivity contribution is -0.151. The number of alkyl halides is 2. The normalized spacial score (nSPS) is 21.6. The van der Waals surface area contributed by atoms with Crippen LogP contribution in [0.5, 0.6) is 0 Å². The predicted molar refractivity (Wildman–Crippen MR) is 91.2 cm³/mol. The Hall–Kier alpha value is -1.37. The van der Waals surface area contributed by atoms with Crippen molar-refractivity contribution in [2.24, 2.45) is 5.41 Å². The molecule has 0 radical (unpaired) electrons. The van der Waals surface area contributed by atoms with Gasteiger partial charge in [0.2, 0.25) is 0 Å². The maximum atomic E-state index is 12.6. The highest BCUT2D eigenvalue weighted by Gasteiger charge is 2.38. The second-order valence-corrected chi connectivity index (χ2v) is 7.51. The highest BCUT2D eigenvalue weighted by atomic mass is 32.1. The largest absolute Gasteiger partial charge is 0.345 e. The lowest BCUT2D eigenvalue weighted by Crippen LogP contribution is -2.32. The smallest absolute Gasteiger partial charge is 0.322 e. The minimum absolute atomic E-state index is 0.125. The number of nitrogens with zero attached hydrogens (tertiary/aromatic N) is 2. The zero-order valence-corrected chi connectivity index (χ0v) is 14.4. The summed E-state index contributed by atoms with van der Waals surface area (Å²) in [6.45, 7) is -0.0645. The van der Waals surface area contributed by atoms with Crippen molar-refractivity contribution in [2.45, 2.75) is 32.4 Å². The van der Waals surface area contributed by atoms with Crippen molar-refractivity contribution in [3.8, 4) is 0 Å². The Kier molecular flexibility index (Phi) is 5.92. The van der Waals surface area contributed by atoms with Crippen molar-refractivity contribution >= 4 is 11.3 Å². The van der Waals surface area contributed by atoms with Crippen LogP contribution >= 0.6 is 11.3 Å². The van der Waals surface area contributed by atoms with E-state index in [9.17, 15) is 8.78 Å². The molecule has 3 rings (SSSR count). The van der Waals surface area contributed by atoms with E-state index in [-0.39, 0.29) is 12.0 Å². The zero-order valence-electron chi connectivity index (χ0n) is 13.5. The van der Waals surface area contributed by atoms with Crippen molar-refractivity contribution in [2.75, 3.05) is 19.7 Å². The average molecular weight is 352 g/mol. The molecule has 3 heterocycles. The topological polar surface area (TPSA) is 25.4 Å². The Bertz CT molecular complexity index is 609. The molecule has 1 aliphatic rings. The number of thiophene rings is 1. The van der Waals surface area contributed by atoms with Crippen LogP contribution in [0, 0.1) is 5.41 Å². The molecule has 0 amide bonds. The molecule has 0 aromatic carbocycles. The molecule has 0 spiro atoms. The minimum Gasteiger partial charge on any atom is -0.322 e. The van der Waals surface area contributed by atoms with Gasteiger partial charge in [-0.1, -0.05) is 12.1 Å². The number of halogens is 2. The van der Waals surface area contributed by atoms with Crippen LogP contribution in [-0.2, 0) is 17.7 Å². The SMILES string of the molecule is FC(F)OC[C@@]1(CCc2cccs2)CCN(Cc2cccnc2)C1. The van der Waals surface area contributed by atoms with Gasteiger partial charge in [0, 0.05) is 35.8 Å². The summed E-state index contributed by atoms with van der Waals surface area (Å²) < 4.78 is 29.9. The summed E-state index contributed by atoms with van der Waals surface area (Å²) in [6, 6.07) is 8.12. The number of likely N-dealkylation sites (tertiary alicyclic amines) is 1. The van der Waals surface area contributed by atoms with Crippen LogP contribution < -0.4 is 0 Å². The molecule has 6 heteroatoms. The Morgan fingerprint density at radius 3 is 2.96 bits per heavy atom. The number of hydrogen-bond donors (Lipinski definition) is 0. The molecule has 24 heavy (non-hydrogen) atoms. The molecule has 130 valence electrons. The van der Waals surface area contributed by atoms with Crippen molar-refractivity contribution in [3.05, 3.63) is 52.5 Å². The molecular formula is C18H22F2N2OS. The van der Waals surface area contributed by atoms with Crippen LogP contribution in [0.1, 0.15) is 23.3 Å². The number of ether oxygens (including phenoxy) is 1. The number of pyridine rings is 1. The van der Waals surface area contributed by atoms with Gasteiger partial charge < -0.3 is 4.74 Å². The van der Waals surface area contributed by atoms with E-state index in [4.69, 9.17) is 4.74 Å². The van der Waals surface area contributed by atoms with Gasteiger partial charge in [0.1, 0.15) is 0 Å². The van der Waals surface area contributed by atoms with E-state index in [2.05, 4.69) is 21.3 Å². The molecule has 0 bridgehead atoms. The molecule has 0 unspecified atom stereocenters. The van der Waals surface area contributed by atoms with Crippen LogP contribution in [0.15, 0.2) is 42.0 Å². The van der Waals surface area contributed by atoms with E-state index < -0.39 is 6.61 Å². The molecule has 0 saturated carbocycles. The summed E-state index contributed by atoms with van der Waals surface area (Å²) in [6.07, 6.45) is 6.32. The molecule has 0 N–H and O–H groups in total. The van der Waals surface area contributed by atoms with Gasteiger partial charge in [-0.2, -0.15) is 8.78 Å². The quantitative estimate of drug-likeness (QED) is 0.712. The molecular weight excluding hydrogens is 330 g/mol. The van der Waals surface area contributed by atoms with Gasteiger partial charge in [-0.05, 0) is 48.9 Å². The van der Waals surface area contributed by atoms with Crippen LogP contribution in [0.3, 0.4) is 0 Å². The molecule has 2 aromatic rings. The van der Waals surface area contributed by atoms with Gasteiger partial charge in [0.05, 0.1) is 6.61 Å². The Labute approximate surface area is 145 Å². The lowest BCUT2D eigenvalue weighted by Gasteiger charge is -2.29. The maximum Gasteiger partial charge on any atom is 0.345 e. The summed E-state index contributed by atoms with van der Waals surface area (Å²) in [5.41, 5.74) is 0.962. The van der Waals surface area contributed by atoms with Crippen molar-refractivity contribution in [1.82, 2.24) is 9.88 Å². The summed E-state index contributed by atoms with van der Waals surface area (Å²) in [7, 11) is 0. The van der Waals surface area contributed by atoms with Crippen LogP contribution in [0.4, 0.5) is 8.78 Å². The Morgan fingerprint density at radius 1 is 1.33 bits per heavy atom. The highest BCUT2D eigenvalue weighted by Crippen LogP contribution is 2.37. The molecule has 2 aromatic heterocycles. The summed E-state index contributed by atoms with van der Waals surface area (Å²) in [4.78, 5) is 7.77. The van der Waals surface area contributed by atoms with E-state index in [1.807, 2.05) is 24.4 Å². The maximum absolute atomic E-state index is 12.6. The van der Waals surface area contributed by atoms with Gasteiger partial charge in [-0.25, -0.2) is 0 Å². The van der Waals surface area contributed by atoms with Crippen molar-refractivity contribution in [3.63, 3.8) is 0 Å². The van der Waals surface area contributed by atoms with Crippen molar-refractivity contribution < 1.29 is 13.5 Å². The Morgan fingerprint density at radius 2 is 2.25 bits per heavy atom. The fourth-order valence-corrected chi connectivity index (χ4v) is 4.10. The Balaban J connectivity index is 1.62. The fourth-order valence-electron chi connectivity index (χ4n) is 3.39. The van der Waals surface area contributed by atoms with E-state index in [0.29, 0.717) is 0 Å². The first kappa shape index (κ1) is 17.5. The van der Waals surface area contributed by atoms with Crippen LogP contribution in [-0.4, -0.2) is 36.2 Å².